The number of aryl methyl sites for hydroxylation is 1. The smallest absolute Gasteiger partial charge is 0.163 e. The number of benzene rings is 4. The van der Waals surface area contributed by atoms with Crippen LogP contribution >= 0.6 is 0 Å². The van der Waals surface area contributed by atoms with Crippen LogP contribution in [0, 0.1) is 13.0 Å². The van der Waals surface area contributed by atoms with Gasteiger partial charge in [0.25, 0.3) is 0 Å². The van der Waals surface area contributed by atoms with Crippen molar-refractivity contribution >= 4 is 38.5 Å². The first-order chi connectivity index (χ1) is 19.5. The minimum Gasteiger partial charge on any atom is -0.507 e. The van der Waals surface area contributed by atoms with Crippen LogP contribution in [0.15, 0.2) is 89.5 Å². The van der Waals surface area contributed by atoms with Crippen LogP contribution in [0.2, 0.25) is 0 Å². The van der Waals surface area contributed by atoms with Gasteiger partial charge in [0.2, 0.25) is 0 Å². The molecule has 0 bridgehead atoms. The summed E-state index contributed by atoms with van der Waals surface area (Å²) in [7, 11) is 0. The summed E-state index contributed by atoms with van der Waals surface area (Å²) in [6, 6.07) is 29.5. The van der Waals surface area contributed by atoms with Gasteiger partial charge >= 0.3 is 0 Å². The quantitative estimate of drug-likeness (QED) is 0.146. The number of phenols is 1. The van der Waals surface area contributed by atoms with Crippen molar-refractivity contribution in [3.8, 4) is 17.0 Å². The van der Waals surface area contributed by atoms with Gasteiger partial charge in [-0.15, -0.1) is 17.7 Å². The summed E-state index contributed by atoms with van der Waals surface area (Å²) in [5.41, 5.74) is 6.64. The molecule has 209 valence electrons. The van der Waals surface area contributed by atoms with Crippen molar-refractivity contribution in [1.29, 1.82) is 0 Å². The van der Waals surface area contributed by atoms with E-state index in [9.17, 15) is 4.79 Å². The fourth-order valence-corrected chi connectivity index (χ4v) is 5.92. The molecule has 4 nitrogen and oxygen atoms in total. The molecule has 0 aliphatic heterocycles. The normalized spacial score (nSPS) is 13.5. The summed E-state index contributed by atoms with van der Waals surface area (Å²) in [6.07, 6.45) is 8.64. The number of Topliss-reactive ketones (excluding diaryl/α,β-unsaturated/α-hetero) is 1. The van der Waals surface area contributed by atoms with Crippen molar-refractivity contribution in [2.24, 2.45) is 0 Å². The van der Waals surface area contributed by atoms with Crippen molar-refractivity contribution in [1.82, 2.24) is 4.98 Å². The number of phenolic OH excluding ortho intramolecular Hbond substituents is 1. The number of pyridine rings is 1. The van der Waals surface area contributed by atoms with E-state index in [0.717, 1.165) is 38.8 Å². The number of rotatable bonds is 3. The third kappa shape index (κ3) is 5.84. The molecule has 0 saturated heterocycles. The molecular formula is C36H32IrNO3-. The first-order valence-corrected chi connectivity index (χ1v) is 14.0. The van der Waals surface area contributed by atoms with Crippen LogP contribution < -0.4 is 0 Å². The molecule has 5 heteroatoms. The summed E-state index contributed by atoms with van der Waals surface area (Å²) < 4.78 is 6.29. The van der Waals surface area contributed by atoms with Gasteiger partial charge in [-0.2, -0.15) is 0 Å². The zero-order valence-corrected chi connectivity index (χ0v) is 25.6. The van der Waals surface area contributed by atoms with Crippen LogP contribution in [-0.4, -0.2) is 15.9 Å². The molecule has 0 atom stereocenters. The molecular weight excluding hydrogens is 687 g/mol. The van der Waals surface area contributed by atoms with Crippen LogP contribution in [0.1, 0.15) is 66.4 Å². The molecule has 0 unspecified atom stereocenters. The predicted molar refractivity (Wildman–Crippen MR) is 162 cm³/mol. The van der Waals surface area contributed by atoms with E-state index in [4.69, 9.17) is 14.5 Å². The van der Waals surface area contributed by atoms with Crippen LogP contribution in [0.5, 0.6) is 5.75 Å². The number of hydrogen-bond donors (Lipinski definition) is 1. The summed E-state index contributed by atoms with van der Waals surface area (Å²) in [5.74, 6) is 0.639. The van der Waals surface area contributed by atoms with Crippen molar-refractivity contribution in [3.63, 3.8) is 0 Å². The second kappa shape index (κ2) is 12.4. The molecule has 2 heterocycles. The Morgan fingerprint density at radius 3 is 2.41 bits per heavy atom. The van der Waals surface area contributed by atoms with Gasteiger partial charge in [-0.25, -0.2) is 0 Å². The molecule has 2 aromatic heterocycles. The Kier molecular flexibility index (Phi) is 8.68. The van der Waals surface area contributed by atoms with Gasteiger partial charge in [0, 0.05) is 31.7 Å². The zero-order valence-electron chi connectivity index (χ0n) is 23.2. The number of fused-ring (bicyclic) bond motifs is 4. The summed E-state index contributed by atoms with van der Waals surface area (Å²) in [5, 5.41) is 13.8. The first kappa shape index (κ1) is 28.7. The van der Waals surface area contributed by atoms with E-state index in [-0.39, 0.29) is 31.6 Å². The molecule has 41 heavy (non-hydrogen) atoms. The number of carbonyl (C=O) groups is 1. The minimum absolute atomic E-state index is 0. The van der Waals surface area contributed by atoms with Crippen LogP contribution in [0.25, 0.3) is 44.0 Å². The summed E-state index contributed by atoms with van der Waals surface area (Å²) in [4.78, 5) is 15.5. The van der Waals surface area contributed by atoms with Gasteiger partial charge in [-0.3, -0.25) is 4.79 Å². The molecule has 1 aliphatic carbocycles. The van der Waals surface area contributed by atoms with E-state index in [0.29, 0.717) is 11.5 Å². The van der Waals surface area contributed by atoms with Gasteiger partial charge in [0.15, 0.2) is 5.78 Å². The number of aromatic hydroxyl groups is 1. The van der Waals surface area contributed by atoms with Crippen molar-refractivity contribution in [2.75, 3.05) is 0 Å². The van der Waals surface area contributed by atoms with Gasteiger partial charge in [-0.1, -0.05) is 85.7 Å². The second-order valence-electron chi connectivity index (χ2n) is 10.7. The average Bonchev–Trinajstić information content (AvgIpc) is 3.35. The fourth-order valence-electron chi connectivity index (χ4n) is 5.92. The maximum Gasteiger partial charge on any atom is 0.163 e. The van der Waals surface area contributed by atoms with Gasteiger partial charge in [0.05, 0.1) is 11.1 Å². The molecule has 1 N–H and O–H groups in total. The third-order valence-electron chi connectivity index (χ3n) is 7.93. The Bertz CT molecular complexity index is 1850. The number of hydrogen-bond acceptors (Lipinski definition) is 4. The van der Waals surface area contributed by atoms with E-state index in [1.807, 2.05) is 18.3 Å². The molecule has 6 aromatic rings. The maximum absolute atomic E-state index is 10.7. The third-order valence-corrected chi connectivity index (χ3v) is 7.93. The summed E-state index contributed by atoms with van der Waals surface area (Å²) in [6.45, 7) is 3.52. The average molecular weight is 719 g/mol. The molecule has 4 aromatic carbocycles. The van der Waals surface area contributed by atoms with Crippen molar-refractivity contribution in [3.05, 3.63) is 108 Å². The molecule has 1 fully saturated rings. The predicted octanol–water partition coefficient (Wildman–Crippen LogP) is 9.55. The Morgan fingerprint density at radius 2 is 1.66 bits per heavy atom. The fraction of sp³-hybridized carbons (Fsp3) is 0.222. The molecule has 1 radical (unpaired) electrons. The molecule has 1 saturated carbocycles. The second-order valence-corrected chi connectivity index (χ2v) is 10.7. The van der Waals surface area contributed by atoms with E-state index in [2.05, 4.69) is 55.5 Å². The van der Waals surface area contributed by atoms with E-state index in [1.165, 1.54) is 61.4 Å². The van der Waals surface area contributed by atoms with Crippen LogP contribution in [-0.2, 0) is 20.1 Å². The number of carbonyl (C=O) groups excluding carboxylic acids is 1. The Morgan fingerprint density at radius 1 is 0.902 bits per heavy atom. The van der Waals surface area contributed by atoms with E-state index >= 15 is 0 Å². The van der Waals surface area contributed by atoms with Crippen LogP contribution in [0.3, 0.4) is 0 Å². The number of para-hydroxylation sites is 2. The van der Waals surface area contributed by atoms with Crippen molar-refractivity contribution in [2.45, 2.75) is 51.9 Å². The van der Waals surface area contributed by atoms with Crippen molar-refractivity contribution < 1.29 is 34.4 Å². The Hall–Kier alpha value is -3.79. The molecule has 0 spiro atoms. The SMILES string of the molecule is CC(=O)c1ccccc1O.Cc1[c-]c(-c2nccc3cc(C4CCCCC4)ccc23)c2oc3ccccc3c2c1.[Ir]. The minimum atomic E-state index is -0.113. The van der Waals surface area contributed by atoms with Gasteiger partial charge < -0.3 is 14.5 Å². The number of ketones is 1. The van der Waals surface area contributed by atoms with E-state index in [1.54, 1.807) is 18.2 Å². The topological polar surface area (TPSA) is 63.3 Å². The maximum atomic E-state index is 10.7. The monoisotopic (exact) mass is 719 g/mol. The Labute approximate surface area is 253 Å². The van der Waals surface area contributed by atoms with Gasteiger partial charge in [-0.05, 0) is 72.0 Å². The molecule has 7 rings (SSSR count). The summed E-state index contributed by atoms with van der Waals surface area (Å²) >= 11 is 0. The Balaban J connectivity index is 0.000000263. The standard InChI is InChI=1S/C28H24NO.C8H8O2.Ir/c1-18-15-24-23-9-5-6-10-26(23)30-28(24)25(16-18)27-22-12-11-20(17-21(22)13-14-29-27)19-7-3-2-4-8-19;1-6(9)7-4-2-3-5-8(7)10;/h5-6,9-15,17,19H,2-4,7-8H2,1H3;2-5,10H,1H3;/q-1;;. The van der Waals surface area contributed by atoms with Crippen LogP contribution in [0.4, 0.5) is 0 Å². The molecule has 1 aliphatic rings. The number of furan rings is 1. The number of nitrogens with zero attached hydrogens (tertiary/aromatic N) is 1. The van der Waals surface area contributed by atoms with Gasteiger partial charge in [0.1, 0.15) is 11.3 Å². The molecule has 0 amide bonds. The van der Waals surface area contributed by atoms with E-state index < -0.39 is 0 Å². The zero-order chi connectivity index (χ0) is 27.6. The largest absolute Gasteiger partial charge is 0.507 e. The first-order valence-electron chi connectivity index (χ1n) is 14.0. The number of aromatic nitrogens is 1.